The first kappa shape index (κ1) is 21.9. The molecule has 6 nitrogen and oxygen atoms in total. The fraction of sp³-hybridized carbons (Fsp3) is 0.650. The van der Waals surface area contributed by atoms with Crippen LogP contribution >= 0.6 is 0 Å². The number of carbonyl (C=O) groups is 1. The van der Waals surface area contributed by atoms with Crippen molar-refractivity contribution >= 4 is 15.9 Å². The largest absolute Gasteiger partial charge is 0.349 e. The summed E-state index contributed by atoms with van der Waals surface area (Å²) in [6, 6.07) is 9.15. The number of carbonyl (C=O) groups excluding carboxylic acids is 1. The number of rotatable bonds is 8. The highest BCUT2D eigenvalue weighted by atomic mass is 32.2. The maximum absolute atomic E-state index is 12.8. The van der Waals surface area contributed by atoms with Crippen LogP contribution in [0.1, 0.15) is 45.6 Å². The molecule has 1 aromatic rings. The summed E-state index contributed by atoms with van der Waals surface area (Å²) in [6.45, 7) is 7.22. The average molecular weight is 396 g/mol. The third-order valence-corrected chi connectivity index (χ3v) is 6.89. The Hall–Kier alpha value is -1.44. The normalized spacial score (nSPS) is 21.0. The van der Waals surface area contributed by atoms with Crippen LogP contribution in [0.5, 0.6) is 0 Å². The highest BCUT2D eigenvalue weighted by molar-refractivity contribution is 7.88. The van der Waals surface area contributed by atoms with Crippen molar-refractivity contribution in [3.8, 4) is 0 Å². The SMILES string of the molecule is CC(C)CC(C)(CN)NC(=O)C1CCCN(S(=O)(=O)Cc2ccccc2)C1. The lowest BCUT2D eigenvalue weighted by molar-refractivity contribution is -0.128. The Morgan fingerprint density at radius 1 is 1.33 bits per heavy atom. The quantitative estimate of drug-likeness (QED) is 0.705. The smallest absolute Gasteiger partial charge is 0.224 e. The zero-order chi connectivity index (χ0) is 20.1. The molecule has 27 heavy (non-hydrogen) atoms. The van der Waals surface area contributed by atoms with Crippen LogP contribution in [-0.4, -0.2) is 43.8 Å². The summed E-state index contributed by atoms with van der Waals surface area (Å²) in [5, 5.41) is 3.08. The van der Waals surface area contributed by atoms with Gasteiger partial charge in [0.05, 0.1) is 11.7 Å². The van der Waals surface area contributed by atoms with E-state index in [0.717, 1.165) is 12.0 Å². The number of hydrogen-bond acceptors (Lipinski definition) is 4. The van der Waals surface area contributed by atoms with Crippen molar-refractivity contribution in [3.63, 3.8) is 0 Å². The van der Waals surface area contributed by atoms with Crippen LogP contribution in [0.2, 0.25) is 0 Å². The average Bonchev–Trinajstić information content (AvgIpc) is 2.61. The van der Waals surface area contributed by atoms with Gasteiger partial charge < -0.3 is 11.1 Å². The molecule has 2 rings (SSSR count). The summed E-state index contributed by atoms with van der Waals surface area (Å²) in [7, 11) is -3.44. The van der Waals surface area contributed by atoms with Gasteiger partial charge in [0.2, 0.25) is 15.9 Å². The topological polar surface area (TPSA) is 92.5 Å². The van der Waals surface area contributed by atoms with Crippen molar-refractivity contribution in [3.05, 3.63) is 35.9 Å². The van der Waals surface area contributed by atoms with Crippen LogP contribution in [0, 0.1) is 11.8 Å². The van der Waals surface area contributed by atoms with Crippen LogP contribution in [0.4, 0.5) is 0 Å². The van der Waals surface area contributed by atoms with E-state index < -0.39 is 15.6 Å². The highest BCUT2D eigenvalue weighted by Gasteiger charge is 2.35. The van der Waals surface area contributed by atoms with Gasteiger partial charge in [0.1, 0.15) is 0 Å². The van der Waals surface area contributed by atoms with Crippen molar-refractivity contribution in [1.82, 2.24) is 9.62 Å². The van der Waals surface area contributed by atoms with Gasteiger partial charge in [-0.05, 0) is 37.7 Å². The molecule has 3 N–H and O–H groups in total. The van der Waals surface area contributed by atoms with Gasteiger partial charge >= 0.3 is 0 Å². The summed E-state index contributed by atoms with van der Waals surface area (Å²) in [4.78, 5) is 12.8. The molecule has 2 unspecified atom stereocenters. The molecule has 0 bridgehead atoms. The Morgan fingerprint density at radius 3 is 2.59 bits per heavy atom. The number of benzene rings is 1. The number of nitrogens with zero attached hydrogens (tertiary/aromatic N) is 1. The first-order valence-electron chi connectivity index (χ1n) is 9.69. The molecule has 1 amide bonds. The predicted molar refractivity (Wildman–Crippen MR) is 108 cm³/mol. The third-order valence-electron chi connectivity index (χ3n) is 5.07. The van der Waals surface area contributed by atoms with Gasteiger partial charge in [-0.25, -0.2) is 12.7 Å². The van der Waals surface area contributed by atoms with E-state index in [4.69, 9.17) is 5.73 Å². The molecule has 1 aliphatic rings. The minimum atomic E-state index is -3.44. The summed E-state index contributed by atoms with van der Waals surface area (Å²) in [5.41, 5.74) is 6.19. The van der Waals surface area contributed by atoms with Gasteiger partial charge in [-0.15, -0.1) is 0 Å². The van der Waals surface area contributed by atoms with Crippen LogP contribution in [-0.2, 0) is 20.6 Å². The fourth-order valence-electron chi connectivity index (χ4n) is 3.77. The highest BCUT2D eigenvalue weighted by Crippen LogP contribution is 2.23. The molecular formula is C20H33N3O3S. The Bertz CT molecular complexity index is 721. The second kappa shape index (κ2) is 9.17. The standard InChI is InChI=1S/C20H33N3O3S/c1-16(2)12-20(3,15-21)22-19(24)18-10-7-11-23(13-18)27(25,26)14-17-8-5-4-6-9-17/h4-6,8-9,16,18H,7,10-15,21H2,1-3H3,(H,22,24). The molecule has 7 heteroatoms. The number of sulfonamides is 1. The van der Waals surface area contributed by atoms with Crippen LogP contribution in [0.15, 0.2) is 30.3 Å². The van der Waals surface area contributed by atoms with Gasteiger partial charge in [0.25, 0.3) is 0 Å². The van der Waals surface area contributed by atoms with E-state index in [9.17, 15) is 13.2 Å². The van der Waals surface area contributed by atoms with E-state index in [-0.39, 0.29) is 24.1 Å². The maximum atomic E-state index is 12.8. The Labute approximate surface area is 163 Å². The Balaban J connectivity index is 2.03. The zero-order valence-electron chi connectivity index (χ0n) is 16.6. The van der Waals surface area contributed by atoms with Crippen LogP contribution in [0.25, 0.3) is 0 Å². The van der Waals surface area contributed by atoms with E-state index >= 15 is 0 Å². The van der Waals surface area contributed by atoms with E-state index in [0.29, 0.717) is 31.8 Å². The van der Waals surface area contributed by atoms with Crippen molar-refractivity contribution < 1.29 is 13.2 Å². The van der Waals surface area contributed by atoms with Crippen molar-refractivity contribution in [1.29, 1.82) is 0 Å². The number of nitrogens with two attached hydrogens (primary N) is 1. The fourth-order valence-corrected chi connectivity index (χ4v) is 5.38. The molecule has 0 spiro atoms. The Kier molecular flexibility index (Phi) is 7.42. The summed E-state index contributed by atoms with van der Waals surface area (Å²) in [6.07, 6.45) is 2.18. The van der Waals surface area contributed by atoms with Gasteiger partial charge in [-0.3, -0.25) is 4.79 Å². The molecule has 2 atom stereocenters. The van der Waals surface area contributed by atoms with E-state index in [1.165, 1.54) is 4.31 Å². The molecule has 0 radical (unpaired) electrons. The van der Waals surface area contributed by atoms with Crippen molar-refractivity contribution in [2.24, 2.45) is 17.6 Å². The molecule has 1 aromatic carbocycles. The summed E-state index contributed by atoms with van der Waals surface area (Å²) in [5.74, 6) is -0.0470. The predicted octanol–water partition coefficient (Wildman–Crippen LogP) is 2.11. The van der Waals surface area contributed by atoms with Crippen molar-refractivity contribution in [2.75, 3.05) is 19.6 Å². The Morgan fingerprint density at radius 2 is 2.00 bits per heavy atom. The molecule has 0 aromatic heterocycles. The molecule has 0 aliphatic carbocycles. The first-order valence-corrected chi connectivity index (χ1v) is 11.3. The molecule has 1 fully saturated rings. The van der Waals surface area contributed by atoms with E-state index in [1.807, 2.05) is 37.3 Å². The summed E-state index contributed by atoms with van der Waals surface area (Å²) >= 11 is 0. The maximum Gasteiger partial charge on any atom is 0.224 e. The molecule has 0 saturated carbocycles. The second-order valence-electron chi connectivity index (χ2n) is 8.29. The van der Waals surface area contributed by atoms with E-state index in [1.54, 1.807) is 0 Å². The molecule has 1 aliphatic heterocycles. The van der Waals surface area contributed by atoms with E-state index in [2.05, 4.69) is 19.2 Å². The zero-order valence-corrected chi connectivity index (χ0v) is 17.5. The van der Waals surface area contributed by atoms with Gasteiger partial charge in [-0.2, -0.15) is 0 Å². The van der Waals surface area contributed by atoms with Gasteiger partial charge in [0, 0.05) is 25.2 Å². The monoisotopic (exact) mass is 395 g/mol. The molecule has 1 heterocycles. The van der Waals surface area contributed by atoms with Gasteiger partial charge in [0.15, 0.2) is 0 Å². The third kappa shape index (κ3) is 6.30. The molecular weight excluding hydrogens is 362 g/mol. The van der Waals surface area contributed by atoms with Crippen LogP contribution in [0.3, 0.4) is 0 Å². The van der Waals surface area contributed by atoms with Gasteiger partial charge in [-0.1, -0.05) is 44.2 Å². The molecule has 1 saturated heterocycles. The van der Waals surface area contributed by atoms with Crippen molar-refractivity contribution in [2.45, 2.75) is 51.3 Å². The lowest BCUT2D eigenvalue weighted by Gasteiger charge is -2.36. The minimum Gasteiger partial charge on any atom is -0.349 e. The number of piperidine rings is 1. The lowest BCUT2D eigenvalue weighted by Crippen LogP contribution is -2.55. The first-order chi connectivity index (χ1) is 12.6. The number of amides is 1. The number of hydrogen-bond donors (Lipinski definition) is 2. The number of nitrogens with one attached hydrogen (secondary N) is 1. The minimum absolute atomic E-state index is 0.0317. The molecule has 152 valence electrons. The summed E-state index contributed by atoms with van der Waals surface area (Å²) < 4.78 is 27.0. The van der Waals surface area contributed by atoms with Crippen LogP contribution < -0.4 is 11.1 Å². The second-order valence-corrected chi connectivity index (χ2v) is 10.3. The lowest BCUT2D eigenvalue weighted by atomic mass is 9.89.